The number of fused-ring (bicyclic) bond motifs is 4. The zero-order valence-electron chi connectivity index (χ0n) is 15.8. The molecule has 0 unspecified atom stereocenters. The van der Waals surface area contributed by atoms with Gasteiger partial charge >= 0.3 is 6.03 Å². The molecule has 2 heterocycles. The largest absolute Gasteiger partial charge is 0.492 e. The molecule has 2 aromatic carbocycles. The molecule has 0 saturated carbocycles. The number of rotatable bonds is 5. The molecule has 0 spiro atoms. The summed E-state index contributed by atoms with van der Waals surface area (Å²) >= 11 is 0. The molecule has 2 aromatic rings. The summed E-state index contributed by atoms with van der Waals surface area (Å²) in [5, 5.41) is 3.11. The average molecular weight is 368 g/mol. The molecular formula is C21H24N2O4. The smallest absolute Gasteiger partial charge is 0.325 e. The van der Waals surface area contributed by atoms with Crippen molar-refractivity contribution < 1.29 is 19.0 Å². The van der Waals surface area contributed by atoms with Crippen LogP contribution in [-0.2, 0) is 0 Å². The summed E-state index contributed by atoms with van der Waals surface area (Å²) in [6.07, 6.45) is 0.627. The van der Waals surface area contributed by atoms with Crippen molar-refractivity contribution >= 4 is 11.7 Å². The second kappa shape index (κ2) is 6.68. The highest BCUT2D eigenvalue weighted by Crippen LogP contribution is 2.50. The van der Waals surface area contributed by atoms with Crippen LogP contribution < -0.4 is 24.4 Å². The monoisotopic (exact) mass is 368 g/mol. The Bertz CT molecular complexity index is 869. The van der Waals surface area contributed by atoms with Gasteiger partial charge in [-0.05, 0) is 39.0 Å². The van der Waals surface area contributed by atoms with Crippen LogP contribution in [0.5, 0.6) is 17.2 Å². The van der Waals surface area contributed by atoms with Crippen LogP contribution in [0.3, 0.4) is 0 Å². The molecule has 0 radical (unpaired) electrons. The maximum Gasteiger partial charge on any atom is 0.325 e. The number of nitrogens with zero attached hydrogens (tertiary/aromatic N) is 1. The zero-order chi connectivity index (χ0) is 19.0. The van der Waals surface area contributed by atoms with Gasteiger partial charge in [-0.3, -0.25) is 4.90 Å². The van der Waals surface area contributed by atoms with Gasteiger partial charge < -0.3 is 19.5 Å². The number of hydrogen-bond donors (Lipinski definition) is 1. The van der Waals surface area contributed by atoms with Crippen molar-refractivity contribution in [2.24, 2.45) is 0 Å². The number of amides is 2. The third kappa shape index (κ3) is 2.85. The molecular weight excluding hydrogens is 344 g/mol. The van der Waals surface area contributed by atoms with E-state index in [1.807, 2.05) is 63.2 Å². The lowest BCUT2D eigenvalue weighted by atomic mass is 9.90. The van der Waals surface area contributed by atoms with Gasteiger partial charge in [-0.15, -0.1) is 0 Å². The van der Waals surface area contributed by atoms with Crippen molar-refractivity contribution in [3.63, 3.8) is 0 Å². The fourth-order valence-electron chi connectivity index (χ4n) is 3.91. The first-order chi connectivity index (χ1) is 13.1. The Labute approximate surface area is 159 Å². The Hall–Kier alpha value is -2.89. The fraction of sp³-hybridized carbons (Fsp3) is 0.381. The van der Waals surface area contributed by atoms with Crippen molar-refractivity contribution in [1.82, 2.24) is 5.32 Å². The SMILES string of the molecule is CCOc1ccccc1N1C(=O)N[C@H]2C[C@@]1(C)Oc1c(OCC)cccc12. The number of urea groups is 1. The Kier molecular flexibility index (Phi) is 4.34. The molecule has 2 bridgehead atoms. The van der Waals surface area contributed by atoms with Gasteiger partial charge in [0.25, 0.3) is 0 Å². The highest BCUT2D eigenvalue weighted by atomic mass is 16.5. The van der Waals surface area contributed by atoms with E-state index in [9.17, 15) is 4.79 Å². The van der Waals surface area contributed by atoms with E-state index in [4.69, 9.17) is 14.2 Å². The number of hydrogen-bond acceptors (Lipinski definition) is 4. The summed E-state index contributed by atoms with van der Waals surface area (Å²) in [4.78, 5) is 14.7. The second-order valence-corrected chi connectivity index (χ2v) is 6.83. The molecule has 2 aliphatic rings. The molecule has 2 amide bonds. The number of anilines is 1. The molecule has 1 N–H and O–H groups in total. The van der Waals surface area contributed by atoms with Crippen LogP contribution in [0.15, 0.2) is 42.5 Å². The molecule has 27 heavy (non-hydrogen) atoms. The summed E-state index contributed by atoms with van der Waals surface area (Å²) in [6, 6.07) is 13.0. The third-order valence-electron chi connectivity index (χ3n) is 4.97. The minimum atomic E-state index is -0.847. The molecule has 0 aromatic heterocycles. The minimum Gasteiger partial charge on any atom is -0.492 e. The quantitative estimate of drug-likeness (QED) is 0.857. The van der Waals surface area contributed by atoms with Crippen LogP contribution in [0, 0.1) is 0 Å². The number of benzene rings is 2. The maximum absolute atomic E-state index is 13.0. The third-order valence-corrected chi connectivity index (χ3v) is 4.97. The minimum absolute atomic E-state index is 0.123. The lowest BCUT2D eigenvalue weighted by Crippen LogP contribution is -2.65. The van der Waals surface area contributed by atoms with Crippen LogP contribution >= 0.6 is 0 Å². The molecule has 6 nitrogen and oxygen atoms in total. The van der Waals surface area contributed by atoms with E-state index < -0.39 is 5.72 Å². The molecule has 6 heteroatoms. The summed E-state index contributed by atoms with van der Waals surface area (Å²) in [5.41, 5.74) is 0.792. The van der Waals surface area contributed by atoms with Crippen molar-refractivity contribution in [3.8, 4) is 17.2 Å². The Balaban J connectivity index is 1.80. The first-order valence-electron chi connectivity index (χ1n) is 9.34. The first kappa shape index (κ1) is 17.5. The number of carbonyl (C=O) groups excluding carboxylic acids is 1. The van der Waals surface area contributed by atoms with E-state index in [2.05, 4.69) is 5.32 Å². The van der Waals surface area contributed by atoms with Gasteiger partial charge in [0.2, 0.25) is 0 Å². The molecule has 0 aliphatic carbocycles. The van der Waals surface area contributed by atoms with Gasteiger partial charge in [0.1, 0.15) is 5.75 Å². The Morgan fingerprint density at radius 1 is 1.11 bits per heavy atom. The highest BCUT2D eigenvalue weighted by molar-refractivity contribution is 5.96. The second-order valence-electron chi connectivity index (χ2n) is 6.83. The number of para-hydroxylation sites is 3. The summed E-state index contributed by atoms with van der Waals surface area (Å²) in [5.74, 6) is 2.04. The predicted molar refractivity (Wildman–Crippen MR) is 103 cm³/mol. The summed E-state index contributed by atoms with van der Waals surface area (Å²) in [6.45, 7) is 6.87. The summed E-state index contributed by atoms with van der Waals surface area (Å²) < 4.78 is 17.9. The molecule has 2 aliphatic heterocycles. The Morgan fingerprint density at radius 2 is 1.81 bits per heavy atom. The average Bonchev–Trinajstić information content (AvgIpc) is 2.64. The van der Waals surface area contributed by atoms with Crippen molar-refractivity contribution in [2.75, 3.05) is 18.1 Å². The predicted octanol–water partition coefficient (Wildman–Crippen LogP) is 4.25. The van der Waals surface area contributed by atoms with Crippen LogP contribution in [-0.4, -0.2) is 25.0 Å². The Morgan fingerprint density at radius 3 is 2.59 bits per heavy atom. The molecule has 1 fully saturated rings. The van der Waals surface area contributed by atoms with E-state index in [0.717, 1.165) is 5.56 Å². The standard InChI is InChI=1S/C21H24N2O4/c1-4-25-17-11-7-6-10-16(17)23-20(24)22-15-13-21(23,3)27-19-14(15)9-8-12-18(19)26-5-2/h6-12,15H,4-5,13H2,1-3H3,(H,22,24)/t15-,21+/m0/s1. The van der Waals surface area contributed by atoms with Crippen molar-refractivity contribution in [1.29, 1.82) is 0 Å². The van der Waals surface area contributed by atoms with Crippen LogP contribution in [0.1, 0.15) is 38.8 Å². The highest BCUT2D eigenvalue weighted by Gasteiger charge is 2.51. The van der Waals surface area contributed by atoms with Gasteiger partial charge in [-0.2, -0.15) is 0 Å². The van der Waals surface area contributed by atoms with Gasteiger partial charge in [-0.25, -0.2) is 4.79 Å². The molecule has 4 rings (SSSR count). The van der Waals surface area contributed by atoms with Gasteiger partial charge in [0, 0.05) is 12.0 Å². The van der Waals surface area contributed by atoms with Gasteiger partial charge in [-0.1, -0.05) is 24.3 Å². The topological polar surface area (TPSA) is 60.0 Å². The van der Waals surface area contributed by atoms with E-state index in [0.29, 0.717) is 42.6 Å². The lowest BCUT2D eigenvalue weighted by molar-refractivity contribution is 0.0339. The van der Waals surface area contributed by atoms with E-state index >= 15 is 0 Å². The van der Waals surface area contributed by atoms with Crippen LogP contribution in [0.4, 0.5) is 10.5 Å². The van der Waals surface area contributed by atoms with E-state index in [1.165, 1.54) is 0 Å². The maximum atomic E-state index is 13.0. The molecule has 2 atom stereocenters. The molecule has 1 saturated heterocycles. The number of carbonyl (C=O) groups is 1. The van der Waals surface area contributed by atoms with Crippen molar-refractivity contribution in [2.45, 2.75) is 39.0 Å². The van der Waals surface area contributed by atoms with Gasteiger partial charge in [0.05, 0.1) is 24.9 Å². The normalized spacial score (nSPS) is 23.1. The fourth-order valence-corrected chi connectivity index (χ4v) is 3.91. The van der Waals surface area contributed by atoms with E-state index in [-0.39, 0.29) is 12.1 Å². The number of nitrogens with one attached hydrogen (secondary N) is 1. The van der Waals surface area contributed by atoms with Crippen LogP contribution in [0.25, 0.3) is 0 Å². The summed E-state index contributed by atoms with van der Waals surface area (Å²) in [7, 11) is 0. The van der Waals surface area contributed by atoms with E-state index in [1.54, 1.807) is 4.90 Å². The number of ether oxygens (including phenoxy) is 3. The first-order valence-corrected chi connectivity index (χ1v) is 9.34. The van der Waals surface area contributed by atoms with Crippen molar-refractivity contribution in [3.05, 3.63) is 48.0 Å². The zero-order valence-corrected chi connectivity index (χ0v) is 15.8. The van der Waals surface area contributed by atoms with Gasteiger partial charge in [0.15, 0.2) is 17.2 Å². The van der Waals surface area contributed by atoms with Crippen LogP contribution in [0.2, 0.25) is 0 Å². The molecule has 142 valence electrons. The lowest BCUT2D eigenvalue weighted by Gasteiger charge is -2.50.